The molecule has 0 aromatic heterocycles. The van der Waals surface area contributed by atoms with Crippen LogP contribution in [0, 0.1) is 0 Å². The van der Waals surface area contributed by atoms with Crippen LogP contribution in [-0.4, -0.2) is 18.8 Å². The van der Waals surface area contributed by atoms with Crippen molar-refractivity contribution in [2.24, 2.45) is 5.10 Å². The Morgan fingerprint density at radius 3 is 2.03 bits per heavy atom. The molecule has 2 N–H and O–H groups in total. The van der Waals surface area contributed by atoms with Crippen molar-refractivity contribution in [3.05, 3.63) is 96.1 Å². The standard InChI is InChI=1S/C27H30N4/c1-3-28-23-15-10-21(11-16-23)12-17-25-20-27(22-13-18-24(19-14-22)29-4-2)31(30-25)26-8-6-5-7-9-26/h5-19,27-29H,3-4,20H2,1-2H3. The SMILES string of the molecule is CCNc1ccc(C=CC2=NN(c3ccccc3)C(c3ccc(NCC)cc3)C2)cc1. The Kier molecular flexibility index (Phi) is 6.68. The summed E-state index contributed by atoms with van der Waals surface area (Å²) in [5.41, 5.74) is 6.94. The van der Waals surface area contributed by atoms with E-state index in [0.717, 1.165) is 42.3 Å². The molecule has 1 aliphatic rings. The van der Waals surface area contributed by atoms with Crippen LogP contribution in [0.1, 0.15) is 37.4 Å². The van der Waals surface area contributed by atoms with E-state index in [1.165, 1.54) is 11.1 Å². The molecule has 0 radical (unpaired) electrons. The lowest BCUT2D eigenvalue weighted by Gasteiger charge is -2.24. The van der Waals surface area contributed by atoms with Gasteiger partial charge in [0.25, 0.3) is 0 Å². The molecule has 0 saturated heterocycles. The Labute approximate surface area is 185 Å². The quantitative estimate of drug-likeness (QED) is 0.441. The first-order valence-electron chi connectivity index (χ1n) is 11.0. The third-order valence-electron chi connectivity index (χ3n) is 5.39. The number of rotatable bonds is 8. The normalized spacial score (nSPS) is 15.9. The second kappa shape index (κ2) is 9.98. The van der Waals surface area contributed by atoms with Gasteiger partial charge in [-0.05, 0) is 67.4 Å². The second-order valence-corrected chi connectivity index (χ2v) is 7.63. The van der Waals surface area contributed by atoms with Crippen molar-refractivity contribution < 1.29 is 0 Å². The van der Waals surface area contributed by atoms with Crippen molar-refractivity contribution >= 4 is 28.8 Å². The van der Waals surface area contributed by atoms with Crippen LogP contribution in [0.2, 0.25) is 0 Å². The monoisotopic (exact) mass is 410 g/mol. The zero-order valence-electron chi connectivity index (χ0n) is 18.3. The minimum Gasteiger partial charge on any atom is -0.385 e. The van der Waals surface area contributed by atoms with Crippen LogP contribution in [0.15, 0.2) is 90.0 Å². The molecule has 4 heteroatoms. The van der Waals surface area contributed by atoms with E-state index >= 15 is 0 Å². The van der Waals surface area contributed by atoms with E-state index in [4.69, 9.17) is 5.10 Å². The smallest absolute Gasteiger partial charge is 0.0831 e. The highest BCUT2D eigenvalue weighted by molar-refractivity contribution is 6.01. The van der Waals surface area contributed by atoms with E-state index in [-0.39, 0.29) is 6.04 Å². The van der Waals surface area contributed by atoms with Gasteiger partial charge in [-0.1, -0.05) is 48.5 Å². The summed E-state index contributed by atoms with van der Waals surface area (Å²) >= 11 is 0. The van der Waals surface area contributed by atoms with Gasteiger partial charge in [0.05, 0.1) is 17.4 Å². The third-order valence-corrected chi connectivity index (χ3v) is 5.39. The van der Waals surface area contributed by atoms with Gasteiger partial charge in [0.2, 0.25) is 0 Å². The molecular formula is C27H30N4. The molecular weight excluding hydrogens is 380 g/mol. The fourth-order valence-electron chi connectivity index (χ4n) is 3.85. The number of nitrogens with zero attached hydrogens (tertiary/aromatic N) is 2. The van der Waals surface area contributed by atoms with Crippen LogP contribution in [0.3, 0.4) is 0 Å². The van der Waals surface area contributed by atoms with Crippen LogP contribution >= 0.6 is 0 Å². The highest BCUT2D eigenvalue weighted by atomic mass is 15.5. The lowest BCUT2D eigenvalue weighted by atomic mass is 10.0. The molecule has 1 atom stereocenters. The fraction of sp³-hybridized carbons (Fsp3) is 0.222. The van der Waals surface area contributed by atoms with Gasteiger partial charge in [0.15, 0.2) is 0 Å². The van der Waals surface area contributed by atoms with E-state index in [0.29, 0.717) is 0 Å². The maximum Gasteiger partial charge on any atom is 0.0831 e. The number of nitrogens with one attached hydrogen (secondary N) is 2. The van der Waals surface area contributed by atoms with E-state index in [2.05, 4.69) is 114 Å². The molecule has 3 aromatic carbocycles. The van der Waals surface area contributed by atoms with Gasteiger partial charge in [0.1, 0.15) is 0 Å². The van der Waals surface area contributed by atoms with E-state index in [1.807, 2.05) is 6.07 Å². The second-order valence-electron chi connectivity index (χ2n) is 7.63. The van der Waals surface area contributed by atoms with Crippen LogP contribution in [-0.2, 0) is 0 Å². The van der Waals surface area contributed by atoms with Crippen molar-refractivity contribution in [1.29, 1.82) is 0 Å². The number of para-hydroxylation sites is 1. The van der Waals surface area contributed by atoms with E-state index in [1.54, 1.807) is 0 Å². The molecule has 4 rings (SSSR count). The summed E-state index contributed by atoms with van der Waals surface area (Å²) in [4.78, 5) is 0. The molecule has 31 heavy (non-hydrogen) atoms. The van der Waals surface area contributed by atoms with Crippen LogP contribution in [0.5, 0.6) is 0 Å². The van der Waals surface area contributed by atoms with Gasteiger partial charge in [-0.25, -0.2) is 0 Å². The lowest BCUT2D eigenvalue weighted by Crippen LogP contribution is -2.18. The molecule has 1 unspecified atom stereocenters. The Hall–Kier alpha value is -3.53. The molecule has 4 nitrogen and oxygen atoms in total. The molecule has 0 fully saturated rings. The minimum atomic E-state index is 0.189. The fourth-order valence-corrected chi connectivity index (χ4v) is 3.85. The first-order valence-corrected chi connectivity index (χ1v) is 11.0. The Morgan fingerprint density at radius 2 is 1.42 bits per heavy atom. The molecule has 1 heterocycles. The lowest BCUT2D eigenvalue weighted by molar-refractivity contribution is 0.709. The summed E-state index contributed by atoms with van der Waals surface area (Å²) in [7, 11) is 0. The predicted molar refractivity (Wildman–Crippen MR) is 134 cm³/mol. The van der Waals surface area contributed by atoms with Crippen LogP contribution < -0.4 is 15.6 Å². The Balaban J connectivity index is 1.56. The van der Waals surface area contributed by atoms with E-state index in [9.17, 15) is 0 Å². The summed E-state index contributed by atoms with van der Waals surface area (Å²) in [5, 5.41) is 13.8. The number of anilines is 3. The molecule has 0 aliphatic carbocycles. The third kappa shape index (κ3) is 5.15. The van der Waals surface area contributed by atoms with Crippen molar-refractivity contribution in [2.75, 3.05) is 28.7 Å². The summed E-state index contributed by atoms with van der Waals surface area (Å²) in [6.45, 7) is 6.07. The molecule has 0 saturated carbocycles. The van der Waals surface area contributed by atoms with Crippen molar-refractivity contribution in [2.45, 2.75) is 26.3 Å². The van der Waals surface area contributed by atoms with Crippen molar-refractivity contribution in [3.8, 4) is 0 Å². The number of hydrazone groups is 1. The van der Waals surface area contributed by atoms with Crippen LogP contribution in [0.25, 0.3) is 6.08 Å². The average Bonchev–Trinajstić information content (AvgIpc) is 3.24. The van der Waals surface area contributed by atoms with Gasteiger partial charge < -0.3 is 10.6 Å². The molecule has 0 spiro atoms. The number of hydrogen-bond acceptors (Lipinski definition) is 4. The number of allylic oxidation sites excluding steroid dienone is 1. The van der Waals surface area contributed by atoms with Gasteiger partial charge in [-0.2, -0.15) is 5.10 Å². The number of hydrogen-bond donors (Lipinski definition) is 2. The van der Waals surface area contributed by atoms with Gasteiger partial charge in [-0.15, -0.1) is 0 Å². The maximum absolute atomic E-state index is 4.97. The highest BCUT2D eigenvalue weighted by Crippen LogP contribution is 2.35. The first kappa shape index (κ1) is 20.7. The zero-order valence-corrected chi connectivity index (χ0v) is 18.3. The minimum absolute atomic E-state index is 0.189. The van der Waals surface area contributed by atoms with Gasteiger partial charge >= 0.3 is 0 Å². The maximum atomic E-state index is 4.97. The zero-order chi connectivity index (χ0) is 21.5. The summed E-state index contributed by atoms with van der Waals surface area (Å²) in [6, 6.07) is 27.8. The molecule has 0 bridgehead atoms. The van der Waals surface area contributed by atoms with Gasteiger partial charge in [-0.3, -0.25) is 5.01 Å². The molecule has 0 amide bonds. The summed E-state index contributed by atoms with van der Waals surface area (Å²) in [5.74, 6) is 0. The topological polar surface area (TPSA) is 39.7 Å². The molecule has 1 aliphatic heterocycles. The van der Waals surface area contributed by atoms with Crippen molar-refractivity contribution in [1.82, 2.24) is 0 Å². The largest absolute Gasteiger partial charge is 0.385 e. The number of benzene rings is 3. The van der Waals surface area contributed by atoms with Gasteiger partial charge in [0, 0.05) is 30.9 Å². The predicted octanol–water partition coefficient (Wildman–Crippen LogP) is 6.57. The first-order chi connectivity index (χ1) is 15.3. The highest BCUT2D eigenvalue weighted by Gasteiger charge is 2.28. The average molecular weight is 411 g/mol. The van der Waals surface area contributed by atoms with Crippen LogP contribution in [0.4, 0.5) is 17.1 Å². The Bertz CT molecular complexity index is 1020. The Morgan fingerprint density at radius 1 is 0.806 bits per heavy atom. The van der Waals surface area contributed by atoms with E-state index < -0.39 is 0 Å². The molecule has 3 aromatic rings. The molecule has 158 valence electrons. The summed E-state index contributed by atoms with van der Waals surface area (Å²) in [6.07, 6.45) is 5.17. The summed E-state index contributed by atoms with van der Waals surface area (Å²) < 4.78 is 0. The van der Waals surface area contributed by atoms with Crippen molar-refractivity contribution in [3.63, 3.8) is 0 Å².